The Morgan fingerprint density at radius 1 is 1.50 bits per heavy atom. The van der Waals surface area contributed by atoms with Crippen LogP contribution in [0.4, 0.5) is 0 Å². The van der Waals surface area contributed by atoms with E-state index in [-0.39, 0.29) is 24.5 Å². The highest BCUT2D eigenvalue weighted by Gasteiger charge is 2.26. The molecule has 18 heavy (non-hydrogen) atoms. The van der Waals surface area contributed by atoms with Gasteiger partial charge in [-0.2, -0.15) is 0 Å². The van der Waals surface area contributed by atoms with E-state index in [0.29, 0.717) is 6.42 Å². The minimum Gasteiger partial charge on any atom is -0.394 e. The fourth-order valence-corrected chi connectivity index (χ4v) is 2.27. The number of hydrogen-bond donors (Lipinski definition) is 2. The van der Waals surface area contributed by atoms with Crippen LogP contribution in [0.3, 0.4) is 0 Å². The molecule has 1 saturated carbocycles. The number of hydrogen-bond acceptors (Lipinski definition) is 2. The van der Waals surface area contributed by atoms with Gasteiger partial charge in [-0.25, -0.2) is 0 Å². The number of amides is 1. The fraction of sp³-hybridized carbons (Fsp3) is 0.533. The van der Waals surface area contributed by atoms with Crippen molar-refractivity contribution in [3.05, 3.63) is 35.4 Å². The monoisotopic (exact) mass is 247 g/mol. The van der Waals surface area contributed by atoms with Crippen molar-refractivity contribution in [1.29, 1.82) is 0 Å². The first-order chi connectivity index (χ1) is 8.69. The molecule has 1 amide bonds. The predicted molar refractivity (Wildman–Crippen MR) is 71.2 cm³/mol. The molecule has 2 N–H and O–H groups in total. The zero-order chi connectivity index (χ0) is 13.0. The minimum absolute atomic E-state index is 0.00754. The molecule has 1 aromatic rings. The van der Waals surface area contributed by atoms with Crippen molar-refractivity contribution in [1.82, 2.24) is 5.32 Å². The Hall–Kier alpha value is -1.35. The van der Waals surface area contributed by atoms with Crippen molar-refractivity contribution >= 4 is 5.91 Å². The van der Waals surface area contributed by atoms with Gasteiger partial charge in [0.1, 0.15) is 0 Å². The number of rotatable bonds is 5. The van der Waals surface area contributed by atoms with Gasteiger partial charge >= 0.3 is 0 Å². The van der Waals surface area contributed by atoms with Gasteiger partial charge in [-0.05, 0) is 31.7 Å². The van der Waals surface area contributed by atoms with Crippen LogP contribution in [0.5, 0.6) is 0 Å². The largest absolute Gasteiger partial charge is 0.394 e. The highest BCUT2D eigenvalue weighted by Crippen LogP contribution is 2.26. The zero-order valence-corrected chi connectivity index (χ0v) is 10.9. The summed E-state index contributed by atoms with van der Waals surface area (Å²) < 4.78 is 0. The summed E-state index contributed by atoms with van der Waals surface area (Å²) in [7, 11) is 0. The molecule has 1 aliphatic rings. The molecule has 0 aromatic heterocycles. The van der Waals surface area contributed by atoms with Crippen LogP contribution in [0.1, 0.15) is 30.4 Å². The van der Waals surface area contributed by atoms with E-state index >= 15 is 0 Å². The van der Waals surface area contributed by atoms with Crippen LogP contribution in [0.15, 0.2) is 24.3 Å². The molecule has 3 heteroatoms. The molecule has 3 nitrogen and oxygen atoms in total. The highest BCUT2D eigenvalue weighted by molar-refractivity contribution is 5.79. The van der Waals surface area contributed by atoms with Crippen LogP contribution >= 0.6 is 0 Å². The zero-order valence-electron chi connectivity index (χ0n) is 10.9. The predicted octanol–water partition coefficient (Wildman–Crippen LogP) is 1.81. The minimum atomic E-state index is -0.167. The molecule has 1 atom stereocenters. The smallest absolute Gasteiger partial charge is 0.223 e. The SMILES string of the molecule is Cc1cccc(CC(CO)NC(=O)C2CCC2)c1. The normalized spacial score (nSPS) is 17.0. The first kappa shape index (κ1) is 13.1. The summed E-state index contributed by atoms with van der Waals surface area (Å²) >= 11 is 0. The maximum Gasteiger partial charge on any atom is 0.223 e. The van der Waals surface area contributed by atoms with Gasteiger partial charge < -0.3 is 10.4 Å². The summed E-state index contributed by atoms with van der Waals surface area (Å²) in [5.74, 6) is 0.282. The van der Waals surface area contributed by atoms with Gasteiger partial charge in [0.2, 0.25) is 5.91 Å². The number of aliphatic hydroxyl groups excluding tert-OH is 1. The Morgan fingerprint density at radius 2 is 2.28 bits per heavy atom. The van der Waals surface area contributed by atoms with E-state index in [4.69, 9.17) is 0 Å². The summed E-state index contributed by atoms with van der Waals surface area (Å²) in [5, 5.41) is 12.3. The van der Waals surface area contributed by atoms with Crippen LogP contribution < -0.4 is 5.32 Å². The van der Waals surface area contributed by atoms with Crippen molar-refractivity contribution in [2.75, 3.05) is 6.61 Å². The lowest BCUT2D eigenvalue weighted by Crippen LogP contribution is -2.43. The second-order valence-corrected chi connectivity index (χ2v) is 5.21. The number of carbonyl (C=O) groups is 1. The Labute approximate surface area is 108 Å². The van der Waals surface area contributed by atoms with Crippen LogP contribution in [-0.2, 0) is 11.2 Å². The molecule has 0 saturated heterocycles. The molecule has 1 unspecified atom stereocenters. The summed E-state index contributed by atoms with van der Waals surface area (Å²) in [6, 6.07) is 8.01. The lowest BCUT2D eigenvalue weighted by Gasteiger charge is -2.26. The molecule has 1 aromatic carbocycles. The number of carbonyl (C=O) groups excluding carboxylic acids is 1. The molecule has 0 heterocycles. The quantitative estimate of drug-likeness (QED) is 0.833. The van der Waals surface area contributed by atoms with Crippen molar-refractivity contribution < 1.29 is 9.90 Å². The first-order valence-electron chi connectivity index (χ1n) is 6.66. The molecule has 0 radical (unpaired) electrons. The average molecular weight is 247 g/mol. The Kier molecular flexibility index (Phi) is 4.37. The Balaban J connectivity index is 1.90. The summed E-state index contributed by atoms with van der Waals surface area (Å²) in [4.78, 5) is 11.8. The van der Waals surface area contributed by atoms with Crippen LogP contribution in [0, 0.1) is 12.8 Å². The third-order valence-corrected chi connectivity index (χ3v) is 3.61. The second kappa shape index (κ2) is 6.01. The van der Waals surface area contributed by atoms with Gasteiger partial charge in [0.05, 0.1) is 12.6 Å². The topological polar surface area (TPSA) is 49.3 Å². The van der Waals surface area contributed by atoms with E-state index in [0.717, 1.165) is 24.8 Å². The van der Waals surface area contributed by atoms with E-state index in [1.54, 1.807) is 0 Å². The van der Waals surface area contributed by atoms with E-state index in [1.165, 1.54) is 5.56 Å². The van der Waals surface area contributed by atoms with E-state index in [1.807, 2.05) is 25.1 Å². The van der Waals surface area contributed by atoms with Crippen molar-refractivity contribution in [2.45, 2.75) is 38.6 Å². The van der Waals surface area contributed by atoms with Crippen molar-refractivity contribution in [3.8, 4) is 0 Å². The molecule has 2 rings (SSSR count). The molecule has 1 aliphatic carbocycles. The van der Waals surface area contributed by atoms with Crippen LogP contribution in [0.25, 0.3) is 0 Å². The Morgan fingerprint density at radius 3 is 2.83 bits per heavy atom. The number of aliphatic hydroxyl groups is 1. The molecular weight excluding hydrogens is 226 g/mol. The summed E-state index contributed by atoms with van der Waals surface area (Å²) in [6.07, 6.45) is 3.83. The summed E-state index contributed by atoms with van der Waals surface area (Å²) in [5.41, 5.74) is 2.36. The standard InChI is InChI=1S/C15H21NO2/c1-11-4-2-5-12(8-11)9-14(10-17)16-15(18)13-6-3-7-13/h2,4-5,8,13-14,17H,3,6-7,9-10H2,1H3,(H,16,18). The third kappa shape index (κ3) is 3.33. The number of benzene rings is 1. The van der Waals surface area contributed by atoms with Crippen LogP contribution in [-0.4, -0.2) is 23.7 Å². The van der Waals surface area contributed by atoms with Gasteiger partial charge in [-0.15, -0.1) is 0 Å². The first-order valence-corrected chi connectivity index (χ1v) is 6.66. The fourth-order valence-electron chi connectivity index (χ4n) is 2.27. The molecule has 98 valence electrons. The third-order valence-electron chi connectivity index (χ3n) is 3.61. The van der Waals surface area contributed by atoms with Gasteiger partial charge in [0, 0.05) is 5.92 Å². The molecule has 0 spiro atoms. The molecular formula is C15H21NO2. The van der Waals surface area contributed by atoms with Crippen LogP contribution in [0.2, 0.25) is 0 Å². The second-order valence-electron chi connectivity index (χ2n) is 5.21. The Bertz CT molecular complexity index is 413. The van der Waals surface area contributed by atoms with Gasteiger partial charge in [-0.3, -0.25) is 4.79 Å². The molecule has 1 fully saturated rings. The van der Waals surface area contributed by atoms with E-state index in [2.05, 4.69) is 11.4 Å². The lowest BCUT2D eigenvalue weighted by atomic mass is 9.84. The number of nitrogens with one attached hydrogen (secondary N) is 1. The maximum absolute atomic E-state index is 11.8. The van der Waals surface area contributed by atoms with Crippen molar-refractivity contribution in [2.24, 2.45) is 5.92 Å². The van der Waals surface area contributed by atoms with Gasteiger partial charge in [-0.1, -0.05) is 36.2 Å². The average Bonchev–Trinajstić information content (AvgIpc) is 2.25. The number of aryl methyl sites for hydroxylation is 1. The molecule has 0 aliphatic heterocycles. The molecule has 0 bridgehead atoms. The lowest BCUT2D eigenvalue weighted by molar-refractivity contribution is -0.128. The highest BCUT2D eigenvalue weighted by atomic mass is 16.3. The van der Waals surface area contributed by atoms with Crippen molar-refractivity contribution in [3.63, 3.8) is 0 Å². The van der Waals surface area contributed by atoms with E-state index in [9.17, 15) is 9.90 Å². The maximum atomic E-state index is 11.8. The summed E-state index contributed by atoms with van der Waals surface area (Å²) in [6.45, 7) is 2.04. The van der Waals surface area contributed by atoms with E-state index < -0.39 is 0 Å². The van der Waals surface area contributed by atoms with Gasteiger partial charge in [0.25, 0.3) is 0 Å². The van der Waals surface area contributed by atoms with Gasteiger partial charge in [0.15, 0.2) is 0 Å².